The molecule has 2 aromatic carbocycles. The zero-order chi connectivity index (χ0) is 21.4. The average molecular weight is 428 g/mol. The van der Waals surface area contributed by atoms with Gasteiger partial charge in [-0.05, 0) is 54.4 Å². The minimum Gasteiger partial charge on any atom is -0.351 e. The molecule has 1 N–H and O–H groups in total. The number of rotatable bonds is 4. The van der Waals surface area contributed by atoms with E-state index >= 15 is 0 Å². The third-order valence-corrected chi connectivity index (χ3v) is 5.45. The van der Waals surface area contributed by atoms with Crippen molar-refractivity contribution >= 4 is 45.9 Å². The number of carbonyl (C=O) groups excluding carboxylic acids is 3. The van der Waals surface area contributed by atoms with E-state index in [-0.39, 0.29) is 23.4 Å². The van der Waals surface area contributed by atoms with Crippen LogP contribution in [0.15, 0.2) is 48.7 Å². The Labute approximate surface area is 177 Å². The summed E-state index contributed by atoms with van der Waals surface area (Å²) in [5, 5.41) is 3.78. The number of hydrogen-bond donors (Lipinski definition) is 1. The molecule has 0 spiro atoms. The van der Waals surface area contributed by atoms with E-state index in [1.54, 1.807) is 33.9 Å². The summed E-state index contributed by atoms with van der Waals surface area (Å²) in [6.07, 6.45) is 2.08. The molecule has 1 atom stereocenters. The number of fused-ring (bicyclic) bond motifs is 1. The Kier molecular flexibility index (Phi) is 5.30. The van der Waals surface area contributed by atoms with Crippen molar-refractivity contribution in [2.24, 2.45) is 5.92 Å². The smallest absolute Gasteiger partial charge is 0.239 e. The topological polar surface area (TPSA) is 71.4 Å². The van der Waals surface area contributed by atoms with Gasteiger partial charge < -0.3 is 10.2 Å². The van der Waals surface area contributed by atoms with Gasteiger partial charge in [0.15, 0.2) is 0 Å². The molecule has 0 radical (unpaired) electrons. The molecule has 4 rings (SSSR count). The van der Waals surface area contributed by atoms with E-state index in [2.05, 4.69) is 5.32 Å². The molecular weight excluding hydrogens is 409 g/mol. The van der Waals surface area contributed by atoms with E-state index in [9.17, 15) is 18.8 Å². The number of nitrogens with one attached hydrogen (secondary N) is 1. The van der Waals surface area contributed by atoms with Crippen LogP contribution in [0.5, 0.6) is 0 Å². The number of nitrogens with zero attached hydrogens (tertiary/aromatic N) is 2. The van der Waals surface area contributed by atoms with E-state index in [0.29, 0.717) is 24.2 Å². The van der Waals surface area contributed by atoms with Gasteiger partial charge in [-0.1, -0.05) is 11.6 Å². The molecule has 1 unspecified atom stereocenters. The van der Waals surface area contributed by atoms with Gasteiger partial charge in [-0.15, -0.1) is 0 Å². The van der Waals surface area contributed by atoms with Crippen molar-refractivity contribution in [1.29, 1.82) is 0 Å². The number of anilines is 1. The first-order valence-electron chi connectivity index (χ1n) is 9.49. The fourth-order valence-electron chi connectivity index (χ4n) is 3.78. The molecule has 1 aliphatic rings. The molecule has 154 valence electrons. The maximum Gasteiger partial charge on any atom is 0.239 e. The van der Waals surface area contributed by atoms with Crippen molar-refractivity contribution in [1.82, 2.24) is 9.88 Å². The van der Waals surface area contributed by atoms with Crippen molar-refractivity contribution in [3.05, 3.63) is 65.1 Å². The third kappa shape index (κ3) is 3.80. The van der Waals surface area contributed by atoms with Crippen LogP contribution in [0.1, 0.15) is 23.7 Å². The summed E-state index contributed by atoms with van der Waals surface area (Å²) >= 11 is 5.83. The molecular formula is C22H19ClFN3O3. The van der Waals surface area contributed by atoms with Crippen molar-refractivity contribution < 1.29 is 18.8 Å². The van der Waals surface area contributed by atoms with Crippen LogP contribution in [0.2, 0.25) is 5.02 Å². The summed E-state index contributed by atoms with van der Waals surface area (Å²) in [7, 11) is 0. The maximum atomic E-state index is 13.4. The lowest BCUT2D eigenvalue weighted by atomic mass is 10.1. The Balaban J connectivity index is 1.46. The van der Waals surface area contributed by atoms with Gasteiger partial charge in [-0.2, -0.15) is 0 Å². The van der Waals surface area contributed by atoms with Crippen LogP contribution in [0.3, 0.4) is 0 Å². The highest BCUT2D eigenvalue weighted by atomic mass is 35.5. The molecule has 2 amide bonds. The van der Waals surface area contributed by atoms with Crippen LogP contribution < -0.4 is 10.2 Å². The molecule has 1 aromatic heterocycles. The van der Waals surface area contributed by atoms with Gasteiger partial charge in [0.05, 0.1) is 5.52 Å². The summed E-state index contributed by atoms with van der Waals surface area (Å²) in [5.41, 5.74) is 1.97. The monoisotopic (exact) mass is 427 g/mol. The molecule has 0 bridgehead atoms. The van der Waals surface area contributed by atoms with Crippen LogP contribution in [-0.4, -0.2) is 28.8 Å². The number of amides is 2. The zero-order valence-corrected chi connectivity index (χ0v) is 16.9. The Bertz CT molecular complexity index is 1150. The first-order chi connectivity index (χ1) is 14.3. The van der Waals surface area contributed by atoms with Crippen molar-refractivity contribution in [3.8, 4) is 0 Å². The molecule has 1 fully saturated rings. The zero-order valence-electron chi connectivity index (χ0n) is 16.2. The molecule has 0 saturated carbocycles. The van der Waals surface area contributed by atoms with Crippen LogP contribution in [0.25, 0.3) is 10.9 Å². The summed E-state index contributed by atoms with van der Waals surface area (Å²) in [6, 6.07) is 11.3. The lowest BCUT2D eigenvalue weighted by Crippen LogP contribution is -2.36. The fraction of sp³-hybridized carbons (Fsp3) is 0.227. The van der Waals surface area contributed by atoms with Gasteiger partial charge in [-0.3, -0.25) is 19.0 Å². The SMILES string of the molecule is CC(=O)n1ccc2cc(N3CCC(C(=O)NCc4cc(F)cc(Cl)c4)C3=O)ccc21. The van der Waals surface area contributed by atoms with Crippen molar-refractivity contribution in [2.45, 2.75) is 19.9 Å². The first kappa shape index (κ1) is 20.1. The second-order valence-electron chi connectivity index (χ2n) is 7.27. The molecule has 8 heteroatoms. The number of hydrogen-bond acceptors (Lipinski definition) is 3. The summed E-state index contributed by atoms with van der Waals surface area (Å²) < 4.78 is 15.0. The summed E-state index contributed by atoms with van der Waals surface area (Å²) in [4.78, 5) is 38.6. The van der Waals surface area contributed by atoms with Crippen LogP contribution in [-0.2, 0) is 16.1 Å². The lowest BCUT2D eigenvalue weighted by molar-refractivity contribution is -0.132. The minimum atomic E-state index is -0.799. The predicted molar refractivity (Wildman–Crippen MR) is 112 cm³/mol. The fourth-order valence-corrected chi connectivity index (χ4v) is 4.02. The predicted octanol–water partition coefficient (Wildman–Crippen LogP) is 3.76. The van der Waals surface area contributed by atoms with Crippen molar-refractivity contribution in [3.63, 3.8) is 0 Å². The quantitative estimate of drug-likeness (QED) is 0.644. The van der Waals surface area contributed by atoms with Gasteiger partial charge in [0.25, 0.3) is 0 Å². The first-order valence-corrected chi connectivity index (χ1v) is 9.87. The second kappa shape index (κ2) is 7.91. The van der Waals surface area contributed by atoms with E-state index in [1.807, 2.05) is 12.1 Å². The molecule has 2 heterocycles. The van der Waals surface area contributed by atoms with Crippen molar-refractivity contribution in [2.75, 3.05) is 11.4 Å². The Morgan fingerprint density at radius 1 is 1.20 bits per heavy atom. The highest BCUT2D eigenvalue weighted by Gasteiger charge is 2.37. The molecule has 1 saturated heterocycles. The number of aromatic nitrogens is 1. The van der Waals surface area contributed by atoms with Gasteiger partial charge in [0, 0.05) is 42.3 Å². The van der Waals surface area contributed by atoms with Crippen LogP contribution in [0.4, 0.5) is 10.1 Å². The Hall–Kier alpha value is -3.19. The van der Waals surface area contributed by atoms with E-state index in [4.69, 9.17) is 11.6 Å². The highest BCUT2D eigenvalue weighted by molar-refractivity contribution is 6.30. The molecule has 1 aliphatic heterocycles. The Morgan fingerprint density at radius 2 is 2.00 bits per heavy atom. The Morgan fingerprint density at radius 3 is 2.73 bits per heavy atom. The van der Waals surface area contributed by atoms with Gasteiger partial charge in [0.1, 0.15) is 11.7 Å². The maximum absolute atomic E-state index is 13.4. The number of benzene rings is 2. The molecule has 6 nitrogen and oxygen atoms in total. The molecule has 30 heavy (non-hydrogen) atoms. The van der Waals surface area contributed by atoms with E-state index in [0.717, 1.165) is 10.9 Å². The van der Waals surface area contributed by atoms with E-state index in [1.165, 1.54) is 19.1 Å². The lowest BCUT2D eigenvalue weighted by Gasteiger charge is -2.17. The number of carbonyl (C=O) groups is 3. The van der Waals surface area contributed by atoms with Crippen LogP contribution >= 0.6 is 11.6 Å². The normalized spacial score (nSPS) is 16.3. The highest BCUT2D eigenvalue weighted by Crippen LogP contribution is 2.29. The second-order valence-corrected chi connectivity index (χ2v) is 7.71. The summed E-state index contributed by atoms with van der Waals surface area (Å²) in [5.74, 6) is -2.05. The molecule has 0 aliphatic carbocycles. The standard InChI is InChI=1S/C22H19ClFN3O3/c1-13(28)26-6-4-15-10-18(2-3-20(15)26)27-7-5-19(22(27)30)21(29)25-12-14-8-16(23)11-17(24)9-14/h2-4,6,8-11,19H,5,7,12H2,1H3,(H,25,29). The van der Waals surface area contributed by atoms with Gasteiger partial charge in [-0.25, -0.2) is 4.39 Å². The summed E-state index contributed by atoms with van der Waals surface area (Å²) in [6.45, 7) is 1.99. The van der Waals surface area contributed by atoms with E-state index < -0.39 is 17.6 Å². The third-order valence-electron chi connectivity index (χ3n) is 5.24. The number of halogens is 2. The minimum absolute atomic E-state index is 0.0879. The largest absolute Gasteiger partial charge is 0.351 e. The average Bonchev–Trinajstić information content (AvgIpc) is 3.28. The molecule has 3 aromatic rings. The van der Waals surface area contributed by atoms with Gasteiger partial charge >= 0.3 is 0 Å². The van der Waals surface area contributed by atoms with Crippen LogP contribution in [0, 0.1) is 11.7 Å². The van der Waals surface area contributed by atoms with Gasteiger partial charge in [0.2, 0.25) is 17.7 Å².